The number of nitrogens with zero attached hydrogens (tertiary/aromatic N) is 1. The van der Waals surface area contributed by atoms with Crippen molar-refractivity contribution in [3.8, 4) is 39.1 Å². The lowest BCUT2D eigenvalue weighted by atomic mass is 9.60. The van der Waals surface area contributed by atoms with Crippen molar-refractivity contribution in [1.82, 2.24) is 4.57 Å². The molecule has 3 aliphatic carbocycles. The van der Waals surface area contributed by atoms with Gasteiger partial charge in [-0.1, -0.05) is 243 Å². The van der Waals surface area contributed by atoms with Gasteiger partial charge in [0.15, 0.2) is 8.07 Å². The van der Waals surface area contributed by atoms with E-state index in [0.717, 1.165) is 21.9 Å². The number of fused-ring (bicyclic) bond motifs is 6. The maximum Gasteiger partial charge on any atom is 0.179 e. The van der Waals surface area contributed by atoms with Crippen molar-refractivity contribution in [3.63, 3.8) is 0 Å². The van der Waals surface area contributed by atoms with Crippen molar-refractivity contribution in [3.05, 3.63) is 318 Å². The van der Waals surface area contributed by atoms with Crippen LogP contribution in [0.2, 0.25) is 0 Å². The molecule has 77 heavy (non-hydrogen) atoms. The third-order valence-electron chi connectivity index (χ3n) is 17.1. The van der Waals surface area contributed by atoms with Crippen molar-refractivity contribution < 1.29 is 4.42 Å². The summed E-state index contributed by atoms with van der Waals surface area (Å²) in [6, 6.07) is 107. The van der Waals surface area contributed by atoms with Crippen LogP contribution in [0.1, 0.15) is 45.2 Å². The Morgan fingerprint density at radius 2 is 0.766 bits per heavy atom. The second-order valence-corrected chi connectivity index (χ2v) is 24.8. The van der Waals surface area contributed by atoms with Gasteiger partial charge in [0, 0.05) is 33.4 Å². The lowest BCUT2D eigenvalue weighted by molar-refractivity contribution is 0.669. The Balaban J connectivity index is 0.964. The first-order valence-electron chi connectivity index (χ1n) is 26.9. The molecule has 0 spiro atoms. The van der Waals surface area contributed by atoms with E-state index in [-0.39, 0.29) is 11.8 Å². The van der Waals surface area contributed by atoms with E-state index in [0.29, 0.717) is 0 Å². The molecular weight excluding hydrogens is 947 g/mol. The predicted octanol–water partition coefficient (Wildman–Crippen LogP) is 16.0. The summed E-state index contributed by atoms with van der Waals surface area (Å²) < 4.78 is 8.85. The summed E-state index contributed by atoms with van der Waals surface area (Å²) in [5, 5.41) is 10.3. The van der Waals surface area contributed by atoms with Crippen molar-refractivity contribution in [1.29, 1.82) is 0 Å². The minimum atomic E-state index is -3.24. The zero-order chi connectivity index (χ0) is 50.6. The van der Waals surface area contributed by atoms with Gasteiger partial charge in [0.25, 0.3) is 0 Å². The molecule has 0 saturated carbocycles. The number of benzene rings is 12. The maximum atomic E-state index is 6.27. The third kappa shape index (κ3) is 6.54. The number of rotatable bonds is 8. The summed E-state index contributed by atoms with van der Waals surface area (Å²) in [5.41, 5.74) is 21.2. The topological polar surface area (TPSA) is 18.1 Å². The molecule has 0 amide bonds. The van der Waals surface area contributed by atoms with E-state index in [1.54, 1.807) is 0 Å². The SMILES string of the molecule is c1ccc(-c2cccc([Si](c3ccccc3)(c3cccc(-c4ccccc4)c3)c3cccc4c3C3c5ccccc5C4c4cccc(-n5c6ccccc6c6cc(-c7ccc8oc9ccccc9c8c7)ccc65)c43)c2)cc1. The van der Waals surface area contributed by atoms with Gasteiger partial charge in [-0.2, -0.15) is 0 Å². The molecule has 0 radical (unpaired) electrons. The Kier molecular flexibility index (Phi) is 9.82. The lowest BCUT2D eigenvalue weighted by Crippen LogP contribution is -2.75. The number of furan rings is 1. The monoisotopic (exact) mass is 995 g/mol. The van der Waals surface area contributed by atoms with Gasteiger partial charge in [-0.15, -0.1) is 0 Å². The summed E-state index contributed by atoms with van der Waals surface area (Å²) in [5.74, 6) is -0.00529. The quantitative estimate of drug-likeness (QED) is 0.110. The molecule has 17 rings (SSSR count). The Hall–Kier alpha value is -9.54. The van der Waals surface area contributed by atoms with Gasteiger partial charge < -0.3 is 8.98 Å². The highest BCUT2D eigenvalue weighted by atomic mass is 28.3. The lowest BCUT2D eigenvalue weighted by Gasteiger charge is -2.47. The molecule has 2 atom stereocenters. The van der Waals surface area contributed by atoms with Crippen LogP contribution in [-0.4, -0.2) is 12.6 Å². The van der Waals surface area contributed by atoms with Crippen LogP contribution in [0.4, 0.5) is 0 Å². The minimum Gasteiger partial charge on any atom is -0.456 e. The first kappa shape index (κ1) is 43.8. The van der Waals surface area contributed by atoms with Gasteiger partial charge in [-0.25, -0.2) is 0 Å². The van der Waals surface area contributed by atoms with Gasteiger partial charge in [0.1, 0.15) is 11.2 Å². The average molecular weight is 996 g/mol. The number of hydrogen-bond acceptors (Lipinski definition) is 1. The molecule has 360 valence electrons. The molecule has 0 aliphatic heterocycles. The molecule has 0 saturated heterocycles. The summed E-state index contributed by atoms with van der Waals surface area (Å²) in [6.07, 6.45) is 0. The van der Waals surface area contributed by atoms with E-state index in [2.05, 4.69) is 284 Å². The van der Waals surface area contributed by atoms with Crippen LogP contribution in [-0.2, 0) is 0 Å². The van der Waals surface area contributed by atoms with E-state index in [9.17, 15) is 0 Å². The largest absolute Gasteiger partial charge is 0.456 e. The number of para-hydroxylation sites is 2. The summed E-state index contributed by atoms with van der Waals surface area (Å²) >= 11 is 0. The highest BCUT2D eigenvalue weighted by Gasteiger charge is 2.50. The summed E-state index contributed by atoms with van der Waals surface area (Å²) in [6.45, 7) is 0. The van der Waals surface area contributed by atoms with Crippen LogP contribution in [0, 0.1) is 0 Å². The molecular formula is C74H49NOSi. The van der Waals surface area contributed by atoms with E-state index in [1.807, 2.05) is 6.07 Å². The molecule has 2 unspecified atom stereocenters. The smallest absolute Gasteiger partial charge is 0.179 e. The van der Waals surface area contributed by atoms with Crippen molar-refractivity contribution >= 4 is 72.6 Å². The van der Waals surface area contributed by atoms with Crippen LogP contribution >= 0.6 is 0 Å². The van der Waals surface area contributed by atoms with Crippen LogP contribution in [0.5, 0.6) is 0 Å². The third-order valence-corrected chi connectivity index (χ3v) is 21.9. The van der Waals surface area contributed by atoms with E-state index >= 15 is 0 Å². The number of aromatic nitrogens is 1. The van der Waals surface area contributed by atoms with Crippen molar-refractivity contribution in [2.24, 2.45) is 0 Å². The molecule has 3 heteroatoms. The summed E-state index contributed by atoms with van der Waals surface area (Å²) in [7, 11) is -3.24. The van der Waals surface area contributed by atoms with Crippen LogP contribution in [0.3, 0.4) is 0 Å². The zero-order valence-corrected chi connectivity index (χ0v) is 43.1. The molecule has 0 N–H and O–H groups in total. The second kappa shape index (κ2) is 17.3. The van der Waals surface area contributed by atoms with Crippen LogP contribution < -0.4 is 20.7 Å². The standard InChI is InChI=1S/C74H49NOSi/c1-4-20-48(21-5-1)50-24-16-28-55(44-50)77(54-26-8-3-9-27-54,56-29-17-25-51(45-56)49-22-6-2-7-23-49)70-39-19-35-62-71-59-32-10-11-33-60(59)74(73(62)70)72-61(71)34-18-37-67(72)75-65-36-14-12-30-57(65)63-46-52(40-42-66(63)75)53-41-43-69-64(47-53)58-31-13-15-38-68(58)76-69/h1-47,71,74H. The molecule has 2 bridgehead atoms. The first-order valence-corrected chi connectivity index (χ1v) is 28.9. The maximum absolute atomic E-state index is 6.27. The fraction of sp³-hybridized carbons (Fsp3) is 0.0270. The Morgan fingerprint density at radius 3 is 1.48 bits per heavy atom. The van der Waals surface area contributed by atoms with Crippen molar-refractivity contribution in [2.75, 3.05) is 0 Å². The molecule has 2 aromatic heterocycles. The van der Waals surface area contributed by atoms with E-state index in [4.69, 9.17) is 4.42 Å². The Labute approximate surface area is 448 Å². The first-order chi connectivity index (χ1) is 38.2. The Morgan fingerprint density at radius 1 is 0.286 bits per heavy atom. The van der Waals surface area contributed by atoms with E-state index in [1.165, 1.54) is 115 Å². The zero-order valence-electron chi connectivity index (χ0n) is 42.1. The van der Waals surface area contributed by atoms with Gasteiger partial charge >= 0.3 is 0 Å². The molecule has 2 heterocycles. The molecule has 2 nitrogen and oxygen atoms in total. The van der Waals surface area contributed by atoms with E-state index < -0.39 is 8.07 Å². The second-order valence-electron chi connectivity index (χ2n) is 21.0. The fourth-order valence-corrected chi connectivity index (χ4v) is 19.0. The normalized spacial score (nSPS) is 14.5. The fourth-order valence-electron chi connectivity index (χ4n) is 13.9. The van der Waals surface area contributed by atoms with Gasteiger partial charge in [0.2, 0.25) is 0 Å². The van der Waals surface area contributed by atoms with Crippen LogP contribution in [0.25, 0.3) is 82.8 Å². The average Bonchev–Trinajstić information content (AvgIpc) is 4.05. The highest BCUT2D eigenvalue weighted by molar-refractivity contribution is 7.20. The van der Waals surface area contributed by atoms with Gasteiger partial charge in [-0.05, 0) is 130 Å². The highest BCUT2D eigenvalue weighted by Crippen LogP contribution is 2.57. The summed E-state index contributed by atoms with van der Waals surface area (Å²) in [4.78, 5) is 0. The molecule has 3 aliphatic rings. The predicted molar refractivity (Wildman–Crippen MR) is 323 cm³/mol. The molecule has 12 aromatic carbocycles. The van der Waals surface area contributed by atoms with Gasteiger partial charge in [-0.3, -0.25) is 0 Å². The Bertz CT molecular complexity index is 4560. The molecule has 14 aromatic rings. The van der Waals surface area contributed by atoms with Crippen molar-refractivity contribution in [2.45, 2.75) is 11.8 Å². The molecule has 0 fully saturated rings. The van der Waals surface area contributed by atoms with Crippen LogP contribution in [0.15, 0.2) is 290 Å². The van der Waals surface area contributed by atoms with Gasteiger partial charge in [0.05, 0.1) is 16.7 Å². The minimum absolute atomic E-state index is 0.0449. The number of hydrogen-bond donors (Lipinski definition) is 0.